The molecule has 0 amide bonds. The lowest BCUT2D eigenvalue weighted by Gasteiger charge is -2.30. The van der Waals surface area contributed by atoms with Gasteiger partial charge in [0.2, 0.25) is 0 Å². The molecular formula is C25H20O6. The Morgan fingerprint density at radius 1 is 0.645 bits per heavy atom. The molecular weight excluding hydrogens is 396 g/mol. The van der Waals surface area contributed by atoms with E-state index in [9.17, 15) is 29.4 Å². The zero-order valence-corrected chi connectivity index (χ0v) is 17.5. The van der Waals surface area contributed by atoms with Gasteiger partial charge in [-0.15, -0.1) is 0 Å². The van der Waals surface area contributed by atoms with Crippen molar-refractivity contribution in [1.82, 2.24) is 0 Å². The molecule has 2 N–H and O–H groups in total. The highest BCUT2D eigenvalue weighted by Crippen LogP contribution is 2.45. The van der Waals surface area contributed by atoms with E-state index >= 15 is 0 Å². The molecule has 2 aliphatic carbocycles. The summed E-state index contributed by atoms with van der Waals surface area (Å²) in [6, 6.07) is 6.04. The molecule has 0 aromatic heterocycles. The standard InChI is InChI=1S/C25H20O6/c1-11-9-17(26)19-13(21(11)28)5-7-15(23(19)30)25(3,4)16-8-6-14-20(24(16)31)18(27)10-12(2)22(14)29/h5-10,30-31H,1-4H3. The van der Waals surface area contributed by atoms with E-state index < -0.39 is 17.0 Å². The van der Waals surface area contributed by atoms with Crippen molar-refractivity contribution < 1.29 is 29.4 Å². The molecule has 0 unspecified atom stereocenters. The van der Waals surface area contributed by atoms with Crippen molar-refractivity contribution in [3.05, 3.63) is 80.9 Å². The third kappa shape index (κ3) is 2.79. The summed E-state index contributed by atoms with van der Waals surface area (Å²) in [4.78, 5) is 49.9. The summed E-state index contributed by atoms with van der Waals surface area (Å²) in [5.74, 6) is -2.31. The van der Waals surface area contributed by atoms with Gasteiger partial charge in [-0.3, -0.25) is 19.2 Å². The first kappa shape index (κ1) is 20.5. The number of phenolic OH excluding ortho intramolecular Hbond substituents is 2. The van der Waals surface area contributed by atoms with Gasteiger partial charge in [0.15, 0.2) is 23.1 Å². The largest absolute Gasteiger partial charge is 0.507 e. The van der Waals surface area contributed by atoms with Crippen LogP contribution in [0.3, 0.4) is 0 Å². The fourth-order valence-corrected chi connectivity index (χ4v) is 4.31. The highest BCUT2D eigenvalue weighted by molar-refractivity contribution is 6.26. The molecule has 0 atom stereocenters. The predicted octanol–water partition coefficient (Wildman–Crippen LogP) is 4.07. The lowest BCUT2D eigenvalue weighted by molar-refractivity contribution is 0.0981. The Morgan fingerprint density at radius 3 is 1.35 bits per heavy atom. The first-order valence-corrected chi connectivity index (χ1v) is 9.74. The maximum atomic E-state index is 12.5. The maximum absolute atomic E-state index is 12.5. The summed E-state index contributed by atoms with van der Waals surface area (Å²) in [5, 5.41) is 21.9. The Bertz CT molecular complexity index is 1200. The van der Waals surface area contributed by atoms with Crippen LogP contribution < -0.4 is 0 Å². The predicted molar refractivity (Wildman–Crippen MR) is 113 cm³/mol. The molecule has 156 valence electrons. The van der Waals surface area contributed by atoms with Gasteiger partial charge in [-0.05, 0) is 38.1 Å². The average molecular weight is 416 g/mol. The van der Waals surface area contributed by atoms with Crippen LogP contribution in [0.15, 0.2) is 47.6 Å². The summed E-state index contributed by atoms with van der Waals surface area (Å²) in [5.41, 5.74) is 0.222. The van der Waals surface area contributed by atoms with E-state index in [0.717, 1.165) is 0 Å². The van der Waals surface area contributed by atoms with Gasteiger partial charge in [0, 0.05) is 38.8 Å². The second-order valence-electron chi connectivity index (χ2n) is 8.44. The molecule has 0 saturated heterocycles. The fraction of sp³-hybridized carbons (Fsp3) is 0.200. The molecule has 0 bridgehead atoms. The smallest absolute Gasteiger partial charge is 0.190 e. The lowest BCUT2D eigenvalue weighted by Crippen LogP contribution is -2.24. The minimum Gasteiger partial charge on any atom is -0.507 e. The Balaban J connectivity index is 1.91. The number of carbonyl (C=O) groups is 4. The van der Waals surface area contributed by atoms with Crippen LogP contribution in [0.25, 0.3) is 0 Å². The summed E-state index contributed by atoms with van der Waals surface area (Å²) in [6.45, 7) is 6.50. The van der Waals surface area contributed by atoms with Gasteiger partial charge in [-0.2, -0.15) is 0 Å². The molecule has 0 radical (unpaired) electrons. The maximum Gasteiger partial charge on any atom is 0.190 e. The third-order valence-corrected chi connectivity index (χ3v) is 6.10. The number of fused-ring (bicyclic) bond motifs is 2. The van der Waals surface area contributed by atoms with Gasteiger partial charge < -0.3 is 10.2 Å². The van der Waals surface area contributed by atoms with Crippen molar-refractivity contribution in [2.75, 3.05) is 0 Å². The van der Waals surface area contributed by atoms with Crippen LogP contribution in [-0.4, -0.2) is 33.3 Å². The Kier molecular flexibility index (Phi) is 4.36. The van der Waals surface area contributed by atoms with E-state index in [0.29, 0.717) is 22.3 Å². The molecule has 0 saturated carbocycles. The number of benzene rings is 2. The highest BCUT2D eigenvalue weighted by Gasteiger charge is 2.37. The van der Waals surface area contributed by atoms with Crippen LogP contribution in [0.5, 0.6) is 11.5 Å². The number of hydrogen-bond acceptors (Lipinski definition) is 6. The van der Waals surface area contributed by atoms with Gasteiger partial charge in [0.25, 0.3) is 0 Å². The molecule has 2 aromatic rings. The number of carbonyl (C=O) groups excluding carboxylic acids is 4. The molecule has 31 heavy (non-hydrogen) atoms. The van der Waals surface area contributed by atoms with Gasteiger partial charge in [-0.1, -0.05) is 26.0 Å². The summed E-state index contributed by atoms with van der Waals surface area (Å²) in [6.07, 6.45) is 2.38. The summed E-state index contributed by atoms with van der Waals surface area (Å²) in [7, 11) is 0. The van der Waals surface area contributed by atoms with E-state index in [1.54, 1.807) is 13.8 Å². The van der Waals surface area contributed by atoms with Crippen molar-refractivity contribution in [3.63, 3.8) is 0 Å². The molecule has 6 heteroatoms. The van der Waals surface area contributed by atoms with Crippen molar-refractivity contribution >= 4 is 23.1 Å². The van der Waals surface area contributed by atoms with E-state index in [4.69, 9.17) is 0 Å². The number of Topliss-reactive ketones (excluding diaryl/α,β-unsaturated/α-hetero) is 2. The highest BCUT2D eigenvalue weighted by atomic mass is 16.3. The van der Waals surface area contributed by atoms with Crippen LogP contribution >= 0.6 is 0 Å². The Hall–Kier alpha value is -3.80. The van der Waals surface area contributed by atoms with Crippen molar-refractivity contribution in [1.29, 1.82) is 0 Å². The molecule has 0 spiro atoms. The van der Waals surface area contributed by atoms with Crippen LogP contribution in [0.2, 0.25) is 0 Å². The van der Waals surface area contributed by atoms with Crippen LogP contribution in [0.4, 0.5) is 0 Å². The Labute approximate surface area is 178 Å². The van der Waals surface area contributed by atoms with Crippen molar-refractivity contribution in [2.24, 2.45) is 0 Å². The van der Waals surface area contributed by atoms with Crippen molar-refractivity contribution in [2.45, 2.75) is 33.1 Å². The van der Waals surface area contributed by atoms with E-state index in [1.807, 2.05) is 0 Å². The van der Waals surface area contributed by atoms with Crippen molar-refractivity contribution in [3.8, 4) is 11.5 Å². The normalized spacial score (nSPS) is 16.0. The SMILES string of the molecule is CC1=CC(=O)c2c(ccc(C(C)(C)c3ccc4c(c3O)C(=O)C=C(C)C4=O)c2O)C1=O. The Morgan fingerprint density at radius 2 is 1.00 bits per heavy atom. The van der Waals surface area contributed by atoms with E-state index in [2.05, 4.69) is 0 Å². The van der Waals surface area contributed by atoms with Crippen LogP contribution in [-0.2, 0) is 5.41 Å². The number of hydrogen-bond donors (Lipinski definition) is 2. The molecule has 0 fully saturated rings. The number of aromatic hydroxyl groups is 2. The van der Waals surface area contributed by atoms with Gasteiger partial charge >= 0.3 is 0 Å². The first-order valence-electron chi connectivity index (χ1n) is 9.74. The van der Waals surface area contributed by atoms with Crippen LogP contribution in [0, 0.1) is 0 Å². The average Bonchev–Trinajstić information content (AvgIpc) is 2.69. The quantitative estimate of drug-likeness (QED) is 0.764. The monoisotopic (exact) mass is 416 g/mol. The molecule has 2 aliphatic rings. The second kappa shape index (κ2) is 6.60. The summed E-state index contributed by atoms with van der Waals surface area (Å²) < 4.78 is 0. The van der Waals surface area contributed by atoms with Gasteiger partial charge in [-0.25, -0.2) is 0 Å². The minimum atomic E-state index is -1.06. The lowest BCUT2D eigenvalue weighted by atomic mass is 9.73. The topological polar surface area (TPSA) is 109 Å². The zero-order chi connectivity index (χ0) is 22.8. The van der Waals surface area contributed by atoms with E-state index in [-0.39, 0.29) is 45.3 Å². The number of allylic oxidation sites excluding steroid dienone is 4. The number of ketones is 4. The third-order valence-electron chi connectivity index (χ3n) is 6.10. The van der Waals surface area contributed by atoms with E-state index in [1.165, 1.54) is 50.3 Å². The molecule has 0 heterocycles. The number of phenols is 2. The van der Waals surface area contributed by atoms with Gasteiger partial charge in [0.05, 0.1) is 11.1 Å². The fourth-order valence-electron chi connectivity index (χ4n) is 4.31. The second-order valence-corrected chi connectivity index (χ2v) is 8.44. The minimum absolute atomic E-state index is 0.0802. The molecule has 4 rings (SSSR count). The molecule has 0 aliphatic heterocycles. The molecule has 2 aromatic carbocycles. The first-order chi connectivity index (χ1) is 14.5. The van der Waals surface area contributed by atoms with Crippen LogP contribution in [0.1, 0.15) is 80.3 Å². The molecule has 6 nitrogen and oxygen atoms in total. The number of rotatable bonds is 2. The summed E-state index contributed by atoms with van der Waals surface area (Å²) >= 11 is 0. The zero-order valence-electron chi connectivity index (χ0n) is 17.5. The van der Waals surface area contributed by atoms with Gasteiger partial charge in [0.1, 0.15) is 11.5 Å².